The van der Waals surface area contributed by atoms with Gasteiger partial charge in [-0.15, -0.1) is 0 Å². The first-order valence-corrected chi connectivity index (χ1v) is 7.66. The molecule has 0 unspecified atom stereocenters. The van der Waals surface area contributed by atoms with Gasteiger partial charge >= 0.3 is 5.97 Å². The molecule has 1 N–H and O–H groups in total. The van der Waals surface area contributed by atoms with E-state index in [1.165, 1.54) is 32.1 Å². The summed E-state index contributed by atoms with van der Waals surface area (Å²) >= 11 is 0. The summed E-state index contributed by atoms with van der Waals surface area (Å²) in [6.07, 6.45) is 6.98. The summed E-state index contributed by atoms with van der Waals surface area (Å²) in [5, 5.41) is 9.25. The van der Waals surface area contributed by atoms with Crippen molar-refractivity contribution in [2.45, 2.75) is 58.4 Å². The van der Waals surface area contributed by atoms with Crippen LogP contribution in [0.4, 0.5) is 5.82 Å². The Bertz CT molecular complexity index is 468. The van der Waals surface area contributed by atoms with E-state index >= 15 is 0 Å². The van der Waals surface area contributed by atoms with E-state index in [-0.39, 0.29) is 0 Å². The van der Waals surface area contributed by atoms with Gasteiger partial charge in [-0.1, -0.05) is 26.2 Å². The van der Waals surface area contributed by atoms with E-state index in [1.54, 1.807) is 12.1 Å². The van der Waals surface area contributed by atoms with Crippen LogP contribution in [0.15, 0.2) is 12.1 Å². The quantitative estimate of drug-likeness (QED) is 0.894. The van der Waals surface area contributed by atoms with E-state index in [1.807, 2.05) is 6.92 Å². The first-order valence-electron chi connectivity index (χ1n) is 7.66. The fourth-order valence-corrected chi connectivity index (χ4v) is 3.02. The van der Waals surface area contributed by atoms with Crippen molar-refractivity contribution in [2.24, 2.45) is 0 Å². The van der Waals surface area contributed by atoms with Crippen LogP contribution in [0.1, 0.15) is 62.0 Å². The Labute approximate surface area is 120 Å². The molecule has 1 aliphatic carbocycles. The van der Waals surface area contributed by atoms with Gasteiger partial charge in [0.25, 0.3) is 0 Å². The Kier molecular flexibility index (Phi) is 4.99. The van der Waals surface area contributed by atoms with Crippen LogP contribution in [0.2, 0.25) is 0 Å². The van der Waals surface area contributed by atoms with Crippen LogP contribution in [0.25, 0.3) is 0 Å². The predicted molar refractivity (Wildman–Crippen MR) is 80.5 cm³/mol. The SMILES string of the molecule is CCc1cc(C(=O)O)cc(N(CC)C2CCCCC2)n1. The minimum Gasteiger partial charge on any atom is -0.478 e. The molecule has 0 saturated heterocycles. The van der Waals surface area contributed by atoms with Crippen molar-refractivity contribution in [2.75, 3.05) is 11.4 Å². The highest BCUT2D eigenvalue weighted by molar-refractivity contribution is 5.88. The van der Waals surface area contributed by atoms with Crippen LogP contribution in [-0.4, -0.2) is 28.6 Å². The van der Waals surface area contributed by atoms with E-state index in [2.05, 4.69) is 16.8 Å². The highest BCUT2D eigenvalue weighted by Crippen LogP contribution is 2.27. The zero-order valence-corrected chi connectivity index (χ0v) is 12.4. The molecule has 2 rings (SSSR count). The van der Waals surface area contributed by atoms with Crippen LogP contribution in [-0.2, 0) is 6.42 Å². The minimum absolute atomic E-state index is 0.348. The molecule has 0 aromatic carbocycles. The Morgan fingerprint density at radius 2 is 2.00 bits per heavy atom. The number of pyridine rings is 1. The van der Waals surface area contributed by atoms with E-state index in [0.29, 0.717) is 11.6 Å². The molecule has 1 aromatic rings. The number of hydrogen-bond donors (Lipinski definition) is 1. The lowest BCUT2D eigenvalue weighted by Crippen LogP contribution is -2.37. The molecule has 1 heterocycles. The molecule has 1 aliphatic rings. The van der Waals surface area contributed by atoms with Crippen molar-refractivity contribution in [1.29, 1.82) is 0 Å². The summed E-state index contributed by atoms with van der Waals surface area (Å²) in [6.45, 7) is 5.01. The third-order valence-corrected chi connectivity index (χ3v) is 4.12. The van der Waals surface area contributed by atoms with Gasteiger partial charge in [-0.25, -0.2) is 9.78 Å². The largest absolute Gasteiger partial charge is 0.478 e. The molecule has 0 spiro atoms. The maximum atomic E-state index is 11.3. The number of rotatable bonds is 5. The average Bonchev–Trinajstić information content (AvgIpc) is 2.48. The predicted octanol–water partition coefficient (Wildman–Crippen LogP) is 3.50. The molecule has 1 fully saturated rings. The molecule has 0 aliphatic heterocycles. The standard InChI is InChI=1S/C16H24N2O2/c1-3-13-10-12(16(19)20)11-15(17-13)18(4-2)14-8-6-5-7-9-14/h10-11,14H,3-9H2,1-2H3,(H,19,20). The molecular weight excluding hydrogens is 252 g/mol. The molecule has 1 aromatic heterocycles. The molecule has 110 valence electrons. The summed E-state index contributed by atoms with van der Waals surface area (Å²) in [4.78, 5) is 18.2. The van der Waals surface area contributed by atoms with Crippen molar-refractivity contribution in [3.05, 3.63) is 23.4 Å². The molecule has 0 amide bonds. The third kappa shape index (κ3) is 3.30. The third-order valence-electron chi connectivity index (χ3n) is 4.12. The molecule has 4 nitrogen and oxygen atoms in total. The summed E-state index contributed by atoms with van der Waals surface area (Å²) in [7, 11) is 0. The maximum Gasteiger partial charge on any atom is 0.335 e. The molecule has 1 saturated carbocycles. The molecule has 20 heavy (non-hydrogen) atoms. The second-order valence-electron chi connectivity index (χ2n) is 5.44. The number of aryl methyl sites for hydroxylation is 1. The fourth-order valence-electron chi connectivity index (χ4n) is 3.02. The molecule has 0 atom stereocenters. The lowest BCUT2D eigenvalue weighted by Gasteiger charge is -2.34. The Hall–Kier alpha value is -1.58. The topological polar surface area (TPSA) is 53.4 Å². The van der Waals surface area contributed by atoms with Gasteiger partial charge in [-0.3, -0.25) is 0 Å². The van der Waals surface area contributed by atoms with Crippen molar-refractivity contribution < 1.29 is 9.90 Å². The van der Waals surface area contributed by atoms with E-state index < -0.39 is 5.97 Å². The van der Waals surface area contributed by atoms with Gasteiger partial charge in [0, 0.05) is 18.3 Å². The number of carbonyl (C=O) groups is 1. The molecule has 4 heteroatoms. The van der Waals surface area contributed by atoms with Crippen molar-refractivity contribution in [3.63, 3.8) is 0 Å². The lowest BCUT2D eigenvalue weighted by atomic mass is 9.94. The number of anilines is 1. The number of carboxylic acid groups (broad SMARTS) is 1. The minimum atomic E-state index is -0.872. The fraction of sp³-hybridized carbons (Fsp3) is 0.625. The number of aromatic nitrogens is 1. The molecular formula is C16H24N2O2. The first kappa shape index (κ1) is 14.8. The van der Waals surface area contributed by atoms with E-state index in [0.717, 1.165) is 24.5 Å². The second kappa shape index (κ2) is 6.73. The van der Waals surface area contributed by atoms with E-state index in [9.17, 15) is 9.90 Å². The maximum absolute atomic E-state index is 11.3. The Balaban J connectivity index is 2.32. The smallest absolute Gasteiger partial charge is 0.335 e. The van der Waals surface area contributed by atoms with Crippen LogP contribution in [0.5, 0.6) is 0 Å². The number of aromatic carboxylic acids is 1. The highest BCUT2D eigenvalue weighted by atomic mass is 16.4. The summed E-state index contributed by atoms with van der Waals surface area (Å²) in [6, 6.07) is 3.91. The van der Waals surface area contributed by atoms with Gasteiger partial charge in [0.2, 0.25) is 0 Å². The normalized spacial score (nSPS) is 16.1. The lowest BCUT2D eigenvalue weighted by molar-refractivity contribution is 0.0696. The second-order valence-corrected chi connectivity index (χ2v) is 5.44. The number of nitrogens with zero attached hydrogens (tertiary/aromatic N) is 2. The highest BCUT2D eigenvalue weighted by Gasteiger charge is 2.22. The van der Waals surface area contributed by atoms with Gasteiger partial charge in [0.15, 0.2) is 0 Å². The van der Waals surface area contributed by atoms with Gasteiger partial charge in [-0.2, -0.15) is 0 Å². The Morgan fingerprint density at radius 1 is 1.30 bits per heavy atom. The van der Waals surface area contributed by atoms with E-state index in [4.69, 9.17) is 0 Å². The Morgan fingerprint density at radius 3 is 2.55 bits per heavy atom. The van der Waals surface area contributed by atoms with Crippen molar-refractivity contribution in [3.8, 4) is 0 Å². The zero-order valence-electron chi connectivity index (χ0n) is 12.4. The molecule has 0 radical (unpaired) electrons. The van der Waals surface area contributed by atoms with Crippen molar-refractivity contribution >= 4 is 11.8 Å². The van der Waals surface area contributed by atoms with Gasteiger partial charge in [0.1, 0.15) is 5.82 Å². The van der Waals surface area contributed by atoms with Gasteiger partial charge in [0.05, 0.1) is 5.56 Å². The summed E-state index contributed by atoms with van der Waals surface area (Å²) in [5.41, 5.74) is 1.20. The monoisotopic (exact) mass is 276 g/mol. The number of carboxylic acids is 1. The van der Waals surface area contributed by atoms with Crippen LogP contribution in [0, 0.1) is 0 Å². The van der Waals surface area contributed by atoms with Gasteiger partial charge < -0.3 is 10.0 Å². The summed E-state index contributed by atoms with van der Waals surface area (Å²) in [5.74, 6) is -0.0424. The molecule has 0 bridgehead atoms. The summed E-state index contributed by atoms with van der Waals surface area (Å²) < 4.78 is 0. The van der Waals surface area contributed by atoms with Crippen LogP contribution < -0.4 is 4.90 Å². The van der Waals surface area contributed by atoms with Crippen LogP contribution >= 0.6 is 0 Å². The van der Waals surface area contributed by atoms with Crippen LogP contribution in [0.3, 0.4) is 0 Å². The zero-order chi connectivity index (χ0) is 14.5. The van der Waals surface area contributed by atoms with Crippen molar-refractivity contribution in [1.82, 2.24) is 4.98 Å². The number of hydrogen-bond acceptors (Lipinski definition) is 3. The average molecular weight is 276 g/mol. The first-order chi connectivity index (χ1) is 9.65. The van der Waals surface area contributed by atoms with Gasteiger partial charge in [-0.05, 0) is 38.3 Å².